The number of halogens is 2. The summed E-state index contributed by atoms with van der Waals surface area (Å²) in [6.07, 6.45) is 3.35. The minimum absolute atomic E-state index is 0.121. The number of benzene rings is 1. The first-order valence-electron chi connectivity index (χ1n) is 8.04. The summed E-state index contributed by atoms with van der Waals surface area (Å²) in [7, 11) is 0. The van der Waals surface area contributed by atoms with Crippen molar-refractivity contribution >= 4 is 11.8 Å². The normalized spacial score (nSPS) is 14.8. The third-order valence-electron chi connectivity index (χ3n) is 4.13. The lowest BCUT2D eigenvalue weighted by atomic mass is 10.2. The molecular formula is C18H18F2N2O3. The molecule has 1 aromatic heterocycles. The number of nitrogens with one attached hydrogen (secondary N) is 1. The van der Waals surface area contributed by atoms with Crippen molar-refractivity contribution in [3.8, 4) is 0 Å². The van der Waals surface area contributed by atoms with Crippen LogP contribution in [0.4, 0.5) is 8.78 Å². The summed E-state index contributed by atoms with van der Waals surface area (Å²) in [6.45, 7) is 1.61. The van der Waals surface area contributed by atoms with E-state index in [9.17, 15) is 18.4 Å². The van der Waals surface area contributed by atoms with Gasteiger partial charge in [-0.25, -0.2) is 8.78 Å². The van der Waals surface area contributed by atoms with E-state index in [0.717, 1.165) is 25.0 Å². The molecule has 25 heavy (non-hydrogen) atoms. The van der Waals surface area contributed by atoms with Crippen LogP contribution < -0.4 is 5.32 Å². The van der Waals surface area contributed by atoms with Crippen LogP contribution in [0.2, 0.25) is 0 Å². The van der Waals surface area contributed by atoms with Crippen LogP contribution in [0.15, 0.2) is 41.0 Å². The van der Waals surface area contributed by atoms with Gasteiger partial charge >= 0.3 is 0 Å². The number of nitrogens with zero attached hydrogens (tertiary/aromatic N) is 1. The molecule has 2 aromatic rings. The molecule has 1 aromatic carbocycles. The van der Waals surface area contributed by atoms with Gasteiger partial charge in [-0.3, -0.25) is 9.59 Å². The minimum atomic E-state index is -0.845. The zero-order valence-electron chi connectivity index (χ0n) is 13.7. The van der Waals surface area contributed by atoms with Crippen LogP contribution in [0.3, 0.4) is 0 Å². The van der Waals surface area contributed by atoms with Gasteiger partial charge in [0.2, 0.25) is 5.91 Å². The van der Waals surface area contributed by atoms with Crippen LogP contribution in [-0.4, -0.2) is 29.3 Å². The molecule has 1 fully saturated rings. The number of rotatable bonds is 6. The van der Waals surface area contributed by atoms with E-state index in [2.05, 4.69) is 5.32 Å². The number of carbonyl (C=O) groups excluding carboxylic acids is 2. The van der Waals surface area contributed by atoms with E-state index in [0.29, 0.717) is 11.8 Å². The van der Waals surface area contributed by atoms with E-state index in [1.54, 1.807) is 23.3 Å². The lowest BCUT2D eigenvalue weighted by Gasteiger charge is -2.28. The first-order chi connectivity index (χ1) is 12.0. The zero-order chi connectivity index (χ0) is 18.0. The standard InChI is InChI=1S/C18H18F2N2O3/c1-11(16-3-2-6-25-16)22(15-4-5-15)17(23)10-21-18(24)12-7-13(19)9-14(20)8-12/h2-3,6-9,11,15H,4-5,10H2,1H3,(H,21,24)/t11-/m1/s1. The lowest BCUT2D eigenvalue weighted by molar-refractivity contribution is -0.133. The van der Waals surface area contributed by atoms with Crippen LogP contribution in [0.5, 0.6) is 0 Å². The number of hydrogen-bond donors (Lipinski definition) is 1. The van der Waals surface area contributed by atoms with Crippen LogP contribution in [0.1, 0.15) is 41.9 Å². The minimum Gasteiger partial charge on any atom is -0.467 e. The second-order valence-electron chi connectivity index (χ2n) is 6.06. The Morgan fingerprint density at radius 3 is 2.52 bits per heavy atom. The topological polar surface area (TPSA) is 62.6 Å². The molecule has 1 aliphatic rings. The Morgan fingerprint density at radius 1 is 1.28 bits per heavy atom. The molecule has 1 aliphatic carbocycles. The lowest BCUT2D eigenvalue weighted by Crippen LogP contribution is -2.42. The van der Waals surface area contributed by atoms with Crippen molar-refractivity contribution in [1.29, 1.82) is 0 Å². The zero-order valence-corrected chi connectivity index (χ0v) is 13.7. The van der Waals surface area contributed by atoms with Gasteiger partial charge in [-0.1, -0.05) is 0 Å². The van der Waals surface area contributed by atoms with Crippen molar-refractivity contribution in [1.82, 2.24) is 10.2 Å². The largest absolute Gasteiger partial charge is 0.467 e. The van der Waals surface area contributed by atoms with Crippen LogP contribution in [0, 0.1) is 11.6 Å². The van der Waals surface area contributed by atoms with Crippen LogP contribution in [-0.2, 0) is 4.79 Å². The number of hydrogen-bond acceptors (Lipinski definition) is 3. The van der Waals surface area contributed by atoms with E-state index < -0.39 is 17.5 Å². The molecule has 1 N–H and O–H groups in total. The summed E-state index contributed by atoms with van der Waals surface area (Å²) in [5, 5.41) is 2.42. The van der Waals surface area contributed by atoms with Gasteiger partial charge in [0.15, 0.2) is 0 Å². The summed E-state index contributed by atoms with van der Waals surface area (Å²) < 4.78 is 31.7. The molecule has 0 spiro atoms. The predicted molar refractivity (Wildman–Crippen MR) is 85.7 cm³/mol. The summed E-state index contributed by atoms with van der Waals surface area (Å²) >= 11 is 0. The smallest absolute Gasteiger partial charge is 0.251 e. The van der Waals surface area contributed by atoms with Crippen LogP contribution in [0.25, 0.3) is 0 Å². The molecule has 1 atom stereocenters. The highest BCUT2D eigenvalue weighted by molar-refractivity contribution is 5.96. The highest BCUT2D eigenvalue weighted by Crippen LogP contribution is 2.34. The third-order valence-corrected chi connectivity index (χ3v) is 4.13. The van der Waals surface area contributed by atoms with Gasteiger partial charge in [-0.15, -0.1) is 0 Å². The average molecular weight is 348 g/mol. The molecule has 1 saturated carbocycles. The number of furan rings is 1. The van der Waals surface area contributed by atoms with E-state index in [-0.39, 0.29) is 30.1 Å². The van der Waals surface area contributed by atoms with E-state index in [1.807, 2.05) is 6.92 Å². The molecule has 5 nitrogen and oxygen atoms in total. The Morgan fingerprint density at radius 2 is 1.96 bits per heavy atom. The van der Waals surface area contributed by atoms with Gasteiger partial charge in [-0.2, -0.15) is 0 Å². The molecule has 7 heteroatoms. The first kappa shape index (κ1) is 17.1. The molecule has 0 saturated heterocycles. The highest BCUT2D eigenvalue weighted by atomic mass is 19.1. The van der Waals surface area contributed by atoms with Crippen molar-refractivity contribution in [3.63, 3.8) is 0 Å². The van der Waals surface area contributed by atoms with Crippen molar-refractivity contribution in [2.24, 2.45) is 0 Å². The molecule has 3 rings (SSSR count). The molecule has 132 valence electrons. The Kier molecular flexibility index (Phi) is 4.83. The third kappa shape index (κ3) is 4.04. The van der Waals surface area contributed by atoms with E-state index in [1.165, 1.54) is 0 Å². The van der Waals surface area contributed by atoms with Gasteiger partial charge in [0, 0.05) is 17.7 Å². The van der Waals surface area contributed by atoms with Gasteiger partial charge < -0.3 is 14.6 Å². The Bertz CT molecular complexity index is 752. The number of carbonyl (C=O) groups is 2. The SMILES string of the molecule is C[C@H](c1ccco1)N(C(=O)CNC(=O)c1cc(F)cc(F)c1)C1CC1. The van der Waals surface area contributed by atoms with E-state index in [4.69, 9.17) is 4.42 Å². The second kappa shape index (κ2) is 7.04. The van der Waals surface area contributed by atoms with Gasteiger partial charge in [0.25, 0.3) is 5.91 Å². The maximum absolute atomic E-state index is 13.2. The summed E-state index contributed by atoms with van der Waals surface area (Å²) in [4.78, 5) is 26.3. The molecule has 0 bridgehead atoms. The molecular weight excluding hydrogens is 330 g/mol. The van der Waals surface area contributed by atoms with Gasteiger partial charge in [0.1, 0.15) is 17.4 Å². The molecule has 0 unspecified atom stereocenters. The molecule has 0 aliphatic heterocycles. The second-order valence-corrected chi connectivity index (χ2v) is 6.06. The fourth-order valence-electron chi connectivity index (χ4n) is 2.79. The quantitative estimate of drug-likeness (QED) is 0.873. The molecule has 1 heterocycles. The van der Waals surface area contributed by atoms with Gasteiger partial charge in [0.05, 0.1) is 18.8 Å². The van der Waals surface area contributed by atoms with Crippen molar-refractivity contribution in [2.45, 2.75) is 31.8 Å². The summed E-state index contributed by atoms with van der Waals surface area (Å²) in [5.41, 5.74) is -0.164. The fourth-order valence-corrected chi connectivity index (χ4v) is 2.79. The monoisotopic (exact) mass is 348 g/mol. The predicted octanol–water partition coefficient (Wildman–Crippen LogP) is 3.04. The Balaban J connectivity index is 1.64. The first-order valence-corrected chi connectivity index (χ1v) is 8.04. The van der Waals surface area contributed by atoms with Crippen molar-refractivity contribution in [3.05, 3.63) is 59.6 Å². The van der Waals surface area contributed by atoms with Crippen molar-refractivity contribution in [2.75, 3.05) is 6.54 Å². The van der Waals surface area contributed by atoms with Crippen LogP contribution >= 0.6 is 0 Å². The average Bonchev–Trinajstić information content (AvgIpc) is 3.23. The highest BCUT2D eigenvalue weighted by Gasteiger charge is 2.37. The maximum Gasteiger partial charge on any atom is 0.251 e. The summed E-state index contributed by atoms with van der Waals surface area (Å²) in [6, 6.07) is 5.94. The van der Waals surface area contributed by atoms with Gasteiger partial charge in [-0.05, 0) is 44.0 Å². The maximum atomic E-state index is 13.2. The van der Waals surface area contributed by atoms with E-state index >= 15 is 0 Å². The Labute approximate surface area is 143 Å². The fraction of sp³-hybridized carbons (Fsp3) is 0.333. The Hall–Kier alpha value is -2.70. The van der Waals surface area contributed by atoms with Crippen molar-refractivity contribution < 1.29 is 22.8 Å². The molecule has 2 amide bonds. The number of amides is 2. The molecule has 0 radical (unpaired) electrons. The summed E-state index contributed by atoms with van der Waals surface area (Å²) in [5.74, 6) is -1.99.